The van der Waals surface area contributed by atoms with Gasteiger partial charge in [0.25, 0.3) is 0 Å². The lowest BCUT2D eigenvalue weighted by molar-refractivity contribution is -0.130. The lowest BCUT2D eigenvalue weighted by atomic mass is 10.0. The smallest absolute Gasteiger partial charge is 0.246 e. The molecular weight excluding hydrogens is 358 g/mol. The number of benzene rings is 1. The van der Waals surface area contributed by atoms with Gasteiger partial charge in [-0.3, -0.25) is 14.4 Å². The van der Waals surface area contributed by atoms with E-state index in [-0.39, 0.29) is 24.5 Å². The molecule has 0 aliphatic heterocycles. The highest BCUT2D eigenvalue weighted by atomic mass is 16.2. The van der Waals surface area contributed by atoms with Crippen molar-refractivity contribution in [1.82, 2.24) is 16.0 Å². The number of rotatable bonds is 11. The van der Waals surface area contributed by atoms with Gasteiger partial charge in [0.1, 0.15) is 12.3 Å². The third kappa shape index (κ3) is 8.62. The minimum absolute atomic E-state index is 0.231. The Labute approximate surface area is 166 Å². The standard InChI is InChI=1S/C21H29N3O4/c1-14(2)10-17(13-25)23-21(28)18(11-16-8-6-5-7-9-16)24-19(26)12-22-20(27)15(3)4/h5-9,13-14,17-18H,3,10-12H2,1-2,4H3,(H,22,27)(H,23,28)(H,24,26)/t17-,18-/m0/s1. The van der Waals surface area contributed by atoms with Crippen LogP contribution >= 0.6 is 0 Å². The third-order valence-electron chi connectivity index (χ3n) is 3.95. The molecule has 0 unspecified atom stereocenters. The number of carbonyl (C=O) groups excluding carboxylic acids is 4. The van der Waals surface area contributed by atoms with Crippen LogP contribution in [-0.2, 0) is 25.6 Å². The molecule has 152 valence electrons. The summed E-state index contributed by atoms with van der Waals surface area (Å²) in [4.78, 5) is 47.7. The van der Waals surface area contributed by atoms with E-state index in [1.165, 1.54) is 6.92 Å². The molecule has 0 saturated heterocycles. The van der Waals surface area contributed by atoms with Crippen molar-refractivity contribution in [3.8, 4) is 0 Å². The number of nitrogens with one attached hydrogen (secondary N) is 3. The van der Waals surface area contributed by atoms with Gasteiger partial charge in [0.15, 0.2) is 0 Å². The van der Waals surface area contributed by atoms with Crippen molar-refractivity contribution in [3.05, 3.63) is 48.0 Å². The van der Waals surface area contributed by atoms with Crippen LogP contribution in [-0.4, -0.2) is 42.6 Å². The molecule has 1 aromatic rings. The SMILES string of the molecule is C=C(C)C(=O)NCC(=O)N[C@@H](Cc1ccccc1)C(=O)N[C@H](C=O)CC(C)C. The molecule has 7 heteroatoms. The second kappa shape index (κ2) is 11.7. The summed E-state index contributed by atoms with van der Waals surface area (Å²) in [6.45, 7) is 8.68. The fraction of sp³-hybridized carbons (Fsp3) is 0.429. The van der Waals surface area contributed by atoms with E-state index in [9.17, 15) is 19.2 Å². The summed E-state index contributed by atoms with van der Waals surface area (Å²) in [5, 5.41) is 7.74. The fourth-order valence-corrected chi connectivity index (χ4v) is 2.56. The van der Waals surface area contributed by atoms with Gasteiger partial charge in [0, 0.05) is 12.0 Å². The second-order valence-corrected chi connectivity index (χ2v) is 7.15. The van der Waals surface area contributed by atoms with Crippen molar-refractivity contribution < 1.29 is 19.2 Å². The van der Waals surface area contributed by atoms with Crippen LogP contribution in [0.4, 0.5) is 0 Å². The number of hydrogen-bond donors (Lipinski definition) is 3. The van der Waals surface area contributed by atoms with Gasteiger partial charge >= 0.3 is 0 Å². The quantitative estimate of drug-likeness (QED) is 0.391. The molecular formula is C21H29N3O4. The summed E-state index contributed by atoms with van der Waals surface area (Å²) >= 11 is 0. The maximum atomic E-state index is 12.7. The Kier molecular flexibility index (Phi) is 9.64. The van der Waals surface area contributed by atoms with Crippen LogP contribution in [0.1, 0.15) is 32.8 Å². The van der Waals surface area contributed by atoms with Crippen molar-refractivity contribution in [2.75, 3.05) is 6.54 Å². The molecule has 0 aromatic heterocycles. The molecule has 3 N–H and O–H groups in total. The average Bonchev–Trinajstić information content (AvgIpc) is 2.65. The van der Waals surface area contributed by atoms with Gasteiger partial charge in [0.2, 0.25) is 17.7 Å². The van der Waals surface area contributed by atoms with E-state index in [0.717, 1.165) is 5.56 Å². The first-order valence-electron chi connectivity index (χ1n) is 9.25. The summed E-state index contributed by atoms with van der Waals surface area (Å²) in [5.41, 5.74) is 1.15. The second-order valence-electron chi connectivity index (χ2n) is 7.15. The number of amides is 3. The molecule has 0 fully saturated rings. The zero-order valence-electron chi connectivity index (χ0n) is 16.7. The molecule has 0 bridgehead atoms. The minimum atomic E-state index is -0.869. The Morgan fingerprint density at radius 1 is 1.11 bits per heavy atom. The van der Waals surface area contributed by atoms with Crippen LogP contribution < -0.4 is 16.0 Å². The average molecular weight is 387 g/mol. The summed E-state index contributed by atoms with van der Waals surface area (Å²) in [6, 6.07) is 7.74. The van der Waals surface area contributed by atoms with Crippen LogP contribution in [0.3, 0.4) is 0 Å². The predicted octanol–water partition coefficient (Wildman–Crippen LogP) is 1.14. The molecule has 28 heavy (non-hydrogen) atoms. The maximum absolute atomic E-state index is 12.7. The Morgan fingerprint density at radius 2 is 1.75 bits per heavy atom. The maximum Gasteiger partial charge on any atom is 0.246 e. The van der Waals surface area contributed by atoms with Crippen LogP contribution in [0.2, 0.25) is 0 Å². The van der Waals surface area contributed by atoms with Crippen molar-refractivity contribution >= 4 is 24.0 Å². The Hall–Kier alpha value is -2.96. The van der Waals surface area contributed by atoms with Crippen molar-refractivity contribution in [1.29, 1.82) is 0 Å². The van der Waals surface area contributed by atoms with Gasteiger partial charge in [-0.25, -0.2) is 0 Å². The molecule has 1 rings (SSSR count). The summed E-state index contributed by atoms with van der Waals surface area (Å²) in [6.07, 6.45) is 1.47. The van der Waals surface area contributed by atoms with E-state index in [0.29, 0.717) is 12.7 Å². The number of hydrogen-bond acceptors (Lipinski definition) is 4. The molecule has 0 spiro atoms. The Balaban J connectivity index is 2.81. The molecule has 0 radical (unpaired) electrons. The lowest BCUT2D eigenvalue weighted by Gasteiger charge is -2.22. The highest BCUT2D eigenvalue weighted by molar-refractivity contribution is 5.95. The first kappa shape index (κ1) is 23.1. The van der Waals surface area contributed by atoms with E-state index in [4.69, 9.17) is 0 Å². The van der Waals surface area contributed by atoms with E-state index < -0.39 is 29.8 Å². The van der Waals surface area contributed by atoms with Crippen molar-refractivity contribution in [2.45, 2.75) is 45.7 Å². The van der Waals surface area contributed by atoms with E-state index in [1.807, 2.05) is 44.2 Å². The van der Waals surface area contributed by atoms with Crippen molar-refractivity contribution in [3.63, 3.8) is 0 Å². The normalized spacial score (nSPS) is 12.6. The zero-order valence-corrected chi connectivity index (χ0v) is 16.7. The molecule has 7 nitrogen and oxygen atoms in total. The highest BCUT2D eigenvalue weighted by Crippen LogP contribution is 2.06. The summed E-state index contributed by atoms with van der Waals surface area (Å²) in [5.74, 6) is -1.15. The van der Waals surface area contributed by atoms with Gasteiger partial charge < -0.3 is 20.7 Å². The number of carbonyl (C=O) groups is 4. The van der Waals surface area contributed by atoms with Crippen LogP contribution in [0.25, 0.3) is 0 Å². The minimum Gasteiger partial charge on any atom is -0.345 e. The molecule has 2 atom stereocenters. The lowest BCUT2D eigenvalue weighted by Crippen LogP contribution is -2.53. The summed E-state index contributed by atoms with van der Waals surface area (Å²) in [7, 11) is 0. The van der Waals surface area contributed by atoms with E-state index in [1.54, 1.807) is 0 Å². The molecule has 0 aliphatic rings. The van der Waals surface area contributed by atoms with Crippen LogP contribution in [0.5, 0.6) is 0 Å². The predicted molar refractivity (Wildman–Crippen MR) is 107 cm³/mol. The highest BCUT2D eigenvalue weighted by Gasteiger charge is 2.24. The largest absolute Gasteiger partial charge is 0.345 e. The molecule has 0 aliphatic carbocycles. The molecule has 1 aromatic carbocycles. The van der Waals surface area contributed by atoms with Gasteiger partial charge in [-0.15, -0.1) is 0 Å². The van der Waals surface area contributed by atoms with Gasteiger partial charge in [-0.1, -0.05) is 50.8 Å². The molecule has 0 heterocycles. The first-order chi connectivity index (χ1) is 13.2. The Morgan fingerprint density at radius 3 is 2.29 bits per heavy atom. The van der Waals surface area contributed by atoms with Crippen molar-refractivity contribution in [2.24, 2.45) is 5.92 Å². The zero-order chi connectivity index (χ0) is 21.1. The van der Waals surface area contributed by atoms with Crippen LogP contribution in [0.15, 0.2) is 42.5 Å². The number of aldehydes is 1. The molecule has 3 amide bonds. The van der Waals surface area contributed by atoms with Gasteiger partial charge in [-0.05, 0) is 24.8 Å². The molecule has 0 saturated carbocycles. The van der Waals surface area contributed by atoms with Gasteiger partial charge in [0.05, 0.1) is 12.6 Å². The van der Waals surface area contributed by atoms with E-state index >= 15 is 0 Å². The van der Waals surface area contributed by atoms with E-state index in [2.05, 4.69) is 22.5 Å². The summed E-state index contributed by atoms with van der Waals surface area (Å²) < 4.78 is 0. The fourth-order valence-electron chi connectivity index (χ4n) is 2.56. The van der Waals surface area contributed by atoms with Crippen LogP contribution in [0, 0.1) is 5.92 Å². The monoisotopic (exact) mass is 387 g/mol. The Bertz CT molecular complexity index is 701. The topological polar surface area (TPSA) is 104 Å². The van der Waals surface area contributed by atoms with Gasteiger partial charge in [-0.2, -0.15) is 0 Å². The first-order valence-corrected chi connectivity index (χ1v) is 9.25. The third-order valence-corrected chi connectivity index (χ3v) is 3.95.